The molecule has 192 valence electrons. The van der Waals surface area contributed by atoms with Gasteiger partial charge >= 0.3 is 231 Å². The van der Waals surface area contributed by atoms with Crippen LogP contribution in [0, 0.1) is 20.8 Å². The molecule has 2 aliphatic heterocycles. The fourth-order valence-corrected chi connectivity index (χ4v) is 8.50. The van der Waals surface area contributed by atoms with E-state index in [-0.39, 0.29) is 6.04 Å². The first-order chi connectivity index (χ1) is 17.2. The molecule has 0 spiro atoms. The van der Waals surface area contributed by atoms with Gasteiger partial charge in [0.05, 0.1) is 0 Å². The van der Waals surface area contributed by atoms with Crippen LogP contribution in [0.1, 0.15) is 72.9 Å². The van der Waals surface area contributed by atoms with E-state index in [1.54, 1.807) is 0 Å². The number of para-hydroxylation sites is 2. The van der Waals surface area contributed by atoms with Gasteiger partial charge in [0, 0.05) is 0 Å². The Bertz CT molecular complexity index is 1340. The molecule has 5 rings (SSSR count). The van der Waals surface area contributed by atoms with Gasteiger partial charge in [0.25, 0.3) is 0 Å². The summed E-state index contributed by atoms with van der Waals surface area (Å²) in [5.41, 5.74) is 13.5. The zero-order valence-corrected chi connectivity index (χ0v) is 25.2. The summed E-state index contributed by atoms with van der Waals surface area (Å²) in [5.74, 6) is 0.890. The normalized spacial score (nSPS) is 18.4. The second-order valence-corrected chi connectivity index (χ2v) is 13.2. The molecule has 1 fully saturated rings. The van der Waals surface area contributed by atoms with E-state index in [0.29, 0.717) is 11.8 Å². The van der Waals surface area contributed by atoms with Crippen LogP contribution in [-0.4, -0.2) is 16.6 Å². The van der Waals surface area contributed by atoms with Gasteiger partial charge in [-0.15, -0.1) is 0 Å². The number of aryl methyl sites for hydroxylation is 3. The number of halogens is 1. The van der Waals surface area contributed by atoms with E-state index in [0.717, 1.165) is 6.67 Å². The third kappa shape index (κ3) is 4.23. The van der Waals surface area contributed by atoms with Crippen molar-refractivity contribution in [3.63, 3.8) is 0 Å². The molecule has 2 aliphatic rings. The van der Waals surface area contributed by atoms with Gasteiger partial charge in [0.1, 0.15) is 0 Å². The number of benzene rings is 3. The molecule has 1 atom stereocenters. The van der Waals surface area contributed by atoms with Crippen molar-refractivity contribution in [3.8, 4) is 11.1 Å². The zero-order valence-electron chi connectivity index (χ0n) is 22.3. The summed E-state index contributed by atoms with van der Waals surface area (Å²) in [5, 5.41) is 0. The van der Waals surface area contributed by atoms with Crippen LogP contribution in [0.3, 0.4) is 0 Å². The quantitative estimate of drug-likeness (QED) is 0.255. The fourth-order valence-electron chi connectivity index (χ4n) is 6.04. The molecule has 0 amide bonds. The van der Waals surface area contributed by atoms with Crippen LogP contribution in [0.15, 0.2) is 54.6 Å². The van der Waals surface area contributed by atoms with Crippen LogP contribution < -0.4 is 9.80 Å². The van der Waals surface area contributed by atoms with Crippen LogP contribution in [0.5, 0.6) is 0 Å². The molecule has 36 heavy (non-hydrogen) atoms. The van der Waals surface area contributed by atoms with Gasteiger partial charge in [0.2, 0.25) is 0 Å². The van der Waals surface area contributed by atoms with Crippen LogP contribution in [0.25, 0.3) is 17.2 Å². The molecular weight excluding hydrogens is 645 g/mol. The van der Waals surface area contributed by atoms with E-state index >= 15 is 0 Å². The van der Waals surface area contributed by atoms with E-state index < -0.39 is 18.2 Å². The molecule has 1 unspecified atom stereocenters. The molecule has 0 bridgehead atoms. The van der Waals surface area contributed by atoms with Crippen molar-refractivity contribution in [3.05, 3.63) is 88.0 Å². The third-order valence-corrected chi connectivity index (χ3v) is 10.1. The molecule has 2 nitrogen and oxygen atoms in total. The summed E-state index contributed by atoms with van der Waals surface area (Å²) in [7, 11) is 6.85. The second-order valence-electron chi connectivity index (χ2n) is 10.8. The van der Waals surface area contributed by atoms with Gasteiger partial charge in [0.15, 0.2) is 0 Å². The summed E-state index contributed by atoms with van der Waals surface area (Å²) < 4.78 is 1.36. The monoisotopic (exact) mass is 680 g/mol. The minimum atomic E-state index is -0.493. The molecule has 0 saturated carbocycles. The molecule has 1 saturated heterocycles. The Morgan fingerprint density at radius 3 is 2.06 bits per heavy atom. The topological polar surface area (TPSA) is 6.48 Å². The first-order valence-electron chi connectivity index (χ1n) is 12.8. The Kier molecular flexibility index (Phi) is 7.09. The van der Waals surface area contributed by atoms with Gasteiger partial charge < -0.3 is 0 Å². The fraction of sp³-hybridized carbons (Fsp3) is 0.344. The third-order valence-electron chi connectivity index (χ3n) is 7.52. The van der Waals surface area contributed by atoms with Crippen molar-refractivity contribution in [2.75, 3.05) is 16.5 Å². The number of anilines is 2. The molecule has 4 heteroatoms. The van der Waals surface area contributed by atoms with Gasteiger partial charge in [-0.2, -0.15) is 0 Å². The Morgan fingerprint density at radius 1 is 0.861 bits per heavy atom. The van der Waals surface area contributed by atoms with E-state index in [1.807, 2.05) is 0 Å². The maximum atomic E-state index is 6.85. The number of nitrogens with zero attached hydrogens (tertiary/aromatic N) is 2. The molecule has 0 N–H and O–H groups in total. The molecule has 3 aromatic carbocycles. The summed E-state index contributed by atoms with van der Waals surface area (Å²) in [6, 6.07) is 18.4. The minimum absolute atomic E-state index is 0.198. The van der Waals surface area contributed by atoms with Crippen molar-refractivity contribution in [1.82, 2.24) is 0 Å². The summed E-state index contributed by atoms with van der Waals surface area (Å²) >= 11 is -0.493. The Balaban J connectivity index is 1.70. The van der Waals surface area contributed by atoms with Gasteiger partial charge in [-0.05, 0) is 0 Å². The average Bonchev–Trinajstić information content (AvgIpc) is 3.21. The Hall–Kier alpha value is -2.10. The first-order valence-corrected chi connectivity index (χ1v) is 16.6. The van der Waals surface area contributed by atoms with E-state index in [2.05, 4.69) is 119 Å². The van der Waals surface area contributed by atoms with Crippen molar-refractivity contribution in [2.24, 2.45) is 0 Å². The van der Waals surface area contributed by atoms with Gasteiger partial charge in [-0.1, -0.05) is 0 Å². The van der Waals surface area contributed by atoms with Crippen molar-refractivity contribution in [2.45, 2.75) is 66.3 Å². The predicted octanol–water partition coefficient (Wildman–Crippen LogP) is 8.57. The molecule has 0 aromatic heterocycles. The number of hydrogen-bond acceptors (Lipinski definition) is 2. The van der Waals surface area contributed by atoms with Crippen molar-refractivity contribution < 1.29 is 18.2 Å². The summed E-state index contributed by atoms with van der Waals surface area (Å²) in [4.78, 5) is 5.16. The SMILES string of the molecule is Cc1cc(C)c(-c2cccc3c2N2CN(c4c(C(C)C)cccc4C(C)C)[C](=[Au][Cl])C2C=C3)c(C)c1. The maximum absolute atomic E-state index is 6.85. The molecule has 0 radical (unpaired) electrons. The zero-order chi connectivity index (χ0) is 25.7. The van der Waals surface area contributed by atoms with E-state index in [9.17, 15) is 0 Å². The van der Waals surface area contributed by atoms with Gasteiger partial charge in [-0.25, -0.2) is 0 Å². The molecule has 3 aromatic rings. The van der Waals surface area contributed by atoms with Crippen LogP contribution >= 0.6 is 9.19 Å². The van der Waals surface area contributed by atoms with E-state index in [1.165, 1.54) is 59.7 Å². The van der Waals surface area contributed by atoms with Crippen LogP contribution in [-0.2, 0) is 18.2 Å². The number of fused-ring (bicyclic) bond motifs is 3. The number of hydrogen-bond donors (Lipinski definition) is 0. The standard InChI is InChI=1S/C32H36N2.Au.ClH/c1-20(2)27-11-9-12-28(21(3)4)32(27)33-18-26-15-14-25-10-8-13-29(31(25)34(26)19-33)30-23(6)16-22(5)17-24(30)7;;/h8-17,20-21,26H,19H2,1-7H3;;1H/q;+1;/p-1. The molecular formula is C32H36AuClN2. The molecule has 2 heterocycles. The first kappa shape index (κ1) is 25.5. The second kappa shape index (κ2) is 9.99. The average molecular weight is 681 g/mol. The predicted molar refractivity (Wildman–Crippen MR) is 154 cm³/mol. The molecule has 0 aliphatic carbocycles. The van der Waals surface area contributed by atoms with Crippen LogP contribution in [0.2, 0.25) is 0 Å². The number of rotatable bonds is 4. The Morgan fingerprint density at radius 2 is 1.47 bits per heavy atom. The van der Waals surface area contributed by atoms with Crippen molar-refractivity contribution in [1.29, 1.82) is 0 Å². The Labute approximate surface area is 229 Å². The van der Waals surface area contributed by atoms with Gasteiger partial charge in [-0.3, -0.25) is 0 Å². The van der Waals surface area contributed by atoms with Crippen molar-refractivity contribution >= 4 is 30.5 Å². The summed E-state index contributed by atoms with van der Waals surface area (Å²) in [6.45, 7) is 16.7. The van der Waals surface area contributed by atoms with E-state index in [4.69, 9.17) is 9.19 Å². The van der Waals surface area contributed by atoms with Crippen LogP contribution in [0.4, 0.5) is 11.4 Å². The summed E-state index contributed by atoms with van der Waals surface area (Å²) in [6.07, 6.45) is 4.68.